The molecule has 0 aliphatic carbocycles. The summed E-state index contributed by atoms with van der Waals surface area (Å²) in [5.74, 6) is 0.166. The maximum atomic E-state index is 13.1. The van der Waals surface area contributed by atoms with E-state index < -0.39 is 0 Å². The maximum absolute atomic E-state index is 13.1. The molecule has 2 aromatic rings. The molecule has 2 aliphatic heterocycles. The number of hydrogen-bond acceptors (Lipinski definition) is 3. The van der Waals surface area contributed by atoms with Crippen molar-refractivity contribution in [2.75, 3.05) is 24.5 Å². The number of unbranched alkanes of at least 4 members (excludes halogenated alkanes) is 2. The summed E-state index contributed by atoms with van der Waals surface area (Å²) in [5, 5.41) is 3.39. The van der Waals surface area contributed by atoms with Crippen LogP contribution in [-0.2, 0) is 24.1 Å². The summed E-state index contributed by atoms with van der Waals surface area (Å²) in [6.07, 6.45) is 6.64. The van der Waals surface area contributed by atoms with Crippen LogP contribution in [0.2, 0.25) is 0 Å². The van der Waals surface area contributed by atoms with Crippen molar-refractivity contribution in [1.82, 2.24) is 5.32 Å². The fourth-order valence-electron chi connectivity index (χ4n) is 4.55. The van der Waals surface area contributed by atoms with E-state index in [4.69, 9.17) is 0 Å². The molecule has 0 spiro atoms. The lowest BCUT2D eigenvalue weighted by Crippen LogP contribution is -2.31. The Morgan fingerprint density at radius 1 is 1.06 bits per heavy atom. The van der Waals surface area contributed by atoms with Gasteiger partial charge in [-0.2, -0.15) is 0 Å². The minimum atomic E-state index is -0.186. The second-order valence-corrected chi connectivity index (χ2v) is 8.33. The van der Waals surface area contributed by atoms with Crippen molar-refractivity contribution in [2.24, 2.45) is 0 Å². The Kier molecular flexibility index (Phi) is 8.22. The molecule has 0 fully saturated rings. The molecular weight excluding hydrogens is 415 g/mol. The van der Waals surface area contributed by atoms with Crippen LogP contribution >= 0.6 is 12.4 Å². The van der Waals surface area contributed by atoms with E-state index in [0.29, 0.717) is 12.8 Å². The van der Waals surface area contributed by atoms with Gasteiger partial charge >= 0.3 is 0 Å². The number of benzene rings is 2. The number of hydrogen-bond donors (Lipinski definition) is 1. The van der Waals surface area contributed by atoms with Crippen LogP contribution in [0.5, 0.6) is 0 Å². The van der Waals surface area contributed by atoms with E-state index in [1.54, 1.807) is 12.1 Å². The van der Waals surface area contributed by atoms with E-state index >= 15 is 0 Å². The van der Waals surface area contributed by atoms with Crippen molar-refractivity contribution < 1.29 is 14.0 Å². The predicted molar refractivity (Wildman–Crippen MR) is 124 cm³/mol. The number of Topliss-reactive ketones (excluding diaryl/α,β-unsaturated/α-hetero) is 1. The summed E-state index contributed by atoms with van der Waals surface area (Å²) in [4.78, 5) is 26.7. The Hall–Kier alpha value is -2.24. The first-order valence-electron chi connectivity index (χ1n) is 11.1. The topological polar surface area (TPSA) is 49.4 Å². The average Bonchev–Trinajstić information content (AvgIpc) is 3.07. The Morgan fingerprint density at radius 2 is 1.90 bits per heavy atom. The van der Waals surface area contributed by atoms with E-state index in [1.807, 2.05) is 23.1 Å². The van der Waals surface area contributed by atoms with Crippen molar-refractivity contribution >= 4 is 29.8 Å². The van der Waals surface area contributed by atoms with Crippen LogP contribution < -0.4 is 10.2 Å². The molecule has 1 amide bonds. The molecule has 0 saturated carbocycles. The predicted octanol–water partition coefficient (Wildman–Crippen LogP) is 4.66. The molecule has 2 aliphatic rings. The first-order valence-corrected chi connectivity index (χ1v) is 11.1. The van der Waals surface area contributed by atoms with Crippen LogP contribution in [0.4, 0.5) is 10.1 Å². The highest BCUT2D eigenvalue weighted by Crippen LogP contribution is 2.37. The van der Waals surface area contributed by atoms with Gasteiger partial charge in [0.25, 0.3) is 0 Å². The lowest BCUT2D eigenvalue weighted by Gasteiger charge is -2.25. The van der Waals surface area contributed by atoms with Crippen molar-refractivity contribution in [3.05, 3.63) is 64.5 Å². The van der Waals surface area contributed by atoms with Gasteiger partial charge in [-0.3, -0.25) is 9.59 Å². The Morgan fingerprint density at radius 3 is 2.74 bits per heavy atom. The molecule has 0 radical (unpaired) electrons. The summed E-state index contributed by atoms with van der Waals surface area (Å²) >= 11 is 0. The molecule has 0 unspecified atom stereocenters. The SMILES string of the molecule is Cl.O=C(CCCCCNCCc1cccc(F)c1)c1cc2c3c(c1)CC(=O)N3CCC2. The molecule has 0 saturated heterocycles. The number of carbonyl (C=O) groups is 2. The molecule has 31 heavy (non-hydrogen) atoms. The number of amides is 1. The monoisotopic (exact) mass is 444 g/mol. The molecule has 4 nitrogen and oxygen atoms in total. The first kappa shape index (κ1) is 23.4. The molecule has 0 aromatic heterocycles. The Labute approximate surface area is 189 Å². The zero-order chi connectivity index (χ0) is 20.9. The van der Waals surface area contributed by atoms with Crippen LogP contribution in [-0.4, -0.2) is 31.3 Å². The highest BCUT2D eigenvalue weighted by molar-refractivity contribution is 6.05. The van der Waals surface area contributed by atoms with E-state index in [9.17, 15) is 14.0 Å². The third kappa shape index (κ3) is 5.72. The summed E-state index contributed by atoms with van der Waals surface area (Å²) in [6.45, 7) is 2.54. The smallest absolute Gasteiger partial charge is 0.231 e. The second kappa shape index (κ2) is 10.9. The van der Waals surface area contributed by atoms with E-state index in [2.05, 4.69) is 5.32 Å². The third-order valence-corrected chi connectivity index (χ3v) is 6.07. The normalized spacial score (nSPS) is 14.4. The van der Waals surface area contributed by atoms with Crippen LogP contribution in [0.3, 0.4) is 0 Å². The van der Waals surface area contributed by atoms with Gasteiger partial charge in [-0.1, -0.05) is 18.6 Å². The highest BCUT2D eigenvalue weighted by atomic mass is 35.5. The number of nitrogens with one attached hydrogen (secondary N) is 1. The lowest BCUT2D eigenvalue weighted by molar-refractivity contribution is -0.117. The van der Waals surface area contributed by atoms with Crippen LogP contribution in [0.15, 0.2) is 36.4 Å². The zero-order valence-corrected chi connectivity index (χ0v) is 18.6. The molecule has 2 aromatic carbocycles. The minimum Gasteiger partial charge on any atom is -0.316 e. The standard InChI is InChI=1S/C25H29FN2O2.ClH/c26-22-8-4-6-18(14-22)10-12-27-11-3-1-2-9-23(29)20-15-19-7-5-13-28-24(30)17-21(16-20)25(19)28;/h4,6,8,14-16,27H,1-3,5,7,9-13,17H2;1H. The van der Waals surface area contributed by atoms with Gasteiger partial charge in [0.05, 0.1) is 12.1 Å². The van der Waals surface area contributed by atoms with Gasteiger partial charge in [0.1, 0.15) is 5.82 Å². The number of rotatable bonds is 10. The summed E-state index contributed by atoms with van der Waals surface area (Å²) in [5.41, 5.74) is 5.05. The first-order chi connectivity index (χ1) is 14.6. The molecule has 4 rings (SSSR count). The van der Waals surface area contributed by atoms with Gasteiger partial charge in [0.2, 0.25) is 5.91 Å². The van der Waals surface area contributed by atoms with Gasteiger partial charge in [-0.15, -0.1) is 12.4 Å². The van der Waals surface area contributed by atoms with Gasteiger partial charge in [0, 0.05) is 18.5 Å². The van der Waals surface area contributed by atoms with E-state index in [1.165, 1.54) is 6.07 Å². The molecular formula is C25H30ClFN2O2. The summed E-state index contributed by atoms with van der Waals surface area (Å²) in [6, 6.07) is 10.7. The number of halogens is 2. The van der Waals surface area contributed by atoms with Crippen LogP contribution in [0, 0.1) is 5.82 Å². The Balaban J connectivity index is 0.00000272. The van der Waals surface area contributed by atoms with Gasteiger partial charge in [-0.25, -0.2) is 4.39 Å². The number of nitrogens with zero attached hydrogens (tertiary/aromatic N) is 1. The molecule has 1 N–H and O–H groups in total. The van der Waals surface area contributed by atoms with Crippen molar-refractivity contribution in [3.63, 3.8) is 0 Å². The fraction of sp³-hybridized carbons (Fsp3) is 0.440. The zero-order valence-electron chi connectivity index (χ0n) is 17.8. The molecule has 6 heteroatoms. The highest BCUT2D eigenvalue weighted by Gasteiger charge is 2.32. The van der Waals surface area contributed by atoms with Crippen LogP contribution in [0.1, 0.15) is 59.2 Å². The third-order valence-electron chi connectivity index (χ3n) is 6.07. The summed E-state index contributed by atoms with van der Waals surface area (Å²) in [7, 11) is 0. The average molecular weight is 445 g/mol. The number of carbonyl (C=O) groups excluding carboxylic acids is 2. The van der Waals surface area contributed by atoms with Gasteiger partial charge < -0.3 is 10.2 Å². The largest absolute Gasteiger partial charge is 0.316 e. The Bertz CT molecular complexity index is 947. The van der Waals surface area contributed by atoms with Crippen LogP contribution in [0.25, 0.3) is 0 Å². The molecule has 2 heterocycles. The fourth-order valence-corrected chi connectivity index (χ4v) is 4.55. The molecule has 0 atom stereocenters. The lowest BCUT2D eigenvalue weighted by atomic mass is 9.94. The van der Waals surface area contributed by atoms with Crippen molar-refractivity contribution in [2.45, 2.75) is 51.4 Å². The quantitative estimate of drug-likeness (QED) is 0.428. The summed E-state index contributed by atoms with van der Waals surface area (Å²) < 4.78 is 13.1. The number of anilines is 1. The number of aryl methyl sites for hydroxylation is 1. The minimum absolute atomic E-state index is 0. The maximum Gasteiger partial charge on any atom is 0.231 e. The van der Waals surface area contributed by atoms with Gasteiger partial charge in [-0.05, 0) is 86.1 Å². The van der Waals surface area contributed by atoms with Crippen molar-refractivity contribution in [1.29, 1.82) is 0 Å². The van der Waals surface area contributed by atoms with Crippen molar-refractivity contribution in [3.8, 4) is 0 Å². The van der Waals surface area contributed by atoms with Gasteiger partial charge in [0.15, 0.2) is 5.78 Å². The number of ketones is 1. The molecule has 166 valence electrons. The second-order valence-electron chi connectivity index (χ2n) is 8.33. The van der Waals surface area contributed by atoms with E-state index in [0.717, 1.165) is 86.1 Å². The van der Waals surface area contributed by atoms with E-state index in [-0.39, 0.29) is 29.9 Å². The molecule has 0 bridgehead atoms.